The maximum Gasteiger partial charge on any atom is 0.237 e. The standard InChI is InChI=1S/C24H29N5O3S/c1-4-32-21-8-6-5-7-20(21)25-22(30)18(3)33-24-27-26-23(28-13-15-31-16-14-28)29(24)19-11-9-17(2)10-12-19/h5-12,18H,4,13-16H2,1-3H3,(H,25,30). The highest BCUT2D eigenvalue weighted by atomic mass is 32.2. The molecule has 9 heteroatoms. The molecular formula is C24H29N5O3S. The highest BCUT2D eigenvalue weighted by molar-refractivity contribution is 8.00. The van der Waals surface area contributed by atoms with Crippen LogP contribution in [-0.4, -0.2) is 58.8 Å². The first kappa shape index (κ1) is 23.1. The maximum absolute atomic E-state index is 13.0. The second kappa shape index (κ2) is 10.7. The minimum atomic E-state index is -0.398. The van der Waals surface area contributed by atoms with Gasteiger partial charge in [0.1, 0.15) is 5.75 Å². The molecule has 0 spiro atoms. The molecule has 33 heavy (non-hydrogen) atoms. The molecule has 1 aliphatic rings. The predicted molar refractivity (Wildman–Crippen MR) is 131 cm³/mol. The van der Waals surface area contributed by atoms with E-state index in [4.69, 9.17) is 9.47 Å². The Labute approximate surface area is 198 Å². The number of benzene rings is 2. The Morgan fingerprint density at radius 2 is 1.88 bits per heavy atom. The number of aromatic nitrogens is 3. The number of para-hydroxylation sites is 2. The fraction of sp³-hybridized carbons (Fsp3) is 0.375. The Kier molecular flexibility index (Phi) is 7.51. The average Bonchev–Trinajstić information content (AvgIpc) is 3.25. The lowest BCUT2D eigenvalue weighted by atomic mass is 10.2. The number of aryl methyl sites for hydroxylation is 1. The molecule has 1 atom stereocenters. The molecule has 1 aliphatic heterocycles. The lowest BCUT2D eigenvalue weighted by Gasteiger charge is -2.28. The first-order chi connectivity index (χ1) is 16.1. The number of thioether (sulfide) groups is 1. The summed E-state index contributed by atoms with van der Waals surface area (Å²) in [5.41, 5.74) is 2.80. The fourth-order valence-electron chi connectivity index (χ4n) is 3.52. The van der Waals surface area contributed by atoms with Gasteiger partial charge in [0.25, 0.3) is 0 Å². The molecule has 1 N–H and O–H groups in total. The lowest BCUT2D eigenvalue weighted by Crippen LogP contribution is -2.38. The van der Waals surface area contributed by atoms with E-state index in [-0.39, 0.29) is 5.91 Å². The number of anilines is 2. The van der Waals surface area contributed by atoms with Gasteiger partial charge < -0.3 is 19.7 Å². The van der Waals surface area contributed by atoms with E-state index in [1.165, 1.54) is 17.3 Å². The van der Waals surface area contributed by atoms with Crippen LogP contribution in [0.4, 0.5) is 11.6 Å². The monoisotopic (exact) mass is 467 g/mol. The molecule has 2 heterocycles. The molecule has 0 aliphatic carbocycles. The number of rotatable bonds is 8. The number of carbonyl (C=O) groups excluding carboxylic acids is 1. The molecular weight excluding hydrogens is 438 g/mol. The molecule has 8 nitrogen and oxygen atoms in total. The van der Waals surface area contributed by atoms with Gasteiger partial charge >= 0.3 is 0 Å². The topological polar surface area (TPSA) is 81.5 Å². The van der Waals surface area contributed by atoms with Crippen LogP contribution >= 0.6 is 11.8 Å². The van der Waals surface area contributed by atoms with Crippen molar-refractivity contribution >= 4 is 29.3 Å². The molecule has 1 aromatic heterocycles. The molecule has 174 valence electrons. The molecule has 0 bridgehead atoms. The quantitative estimate of drug-likeness (QED) is 0.503. The van der Waals surface area contributed by atoms with Gasteiger partial charge in [-0.25, -0.2) is 0 Å². The average molecular weight is 468 g/mol. The van der Waals surface area contributed by atoms with Crippen LogP contribution in [0.3, 0.4) is 0 Å². The number of nitrogens with one attached hydrogen (secondary N) is 1. The zero-order valence-corrected chi connectivity index (χ0v) is 20.0. The number of hydrogen-bond acceptors (Lipinski definition) is 7. The van der Waals surface area contributed by atoms with E-state index in [1.807, 2.05) is 42.7 Å². The fourth-order valence-corrected chi connectivity index (χ4v) is 4.39. The maximum atomic E-state index is 13.0. The Morgan fingerprint density at radius 3 is 2.61 bits per heavy atom. The molecule has 2 aromatic carbocycles. The number of morpholine rings is 1. The first-order valence-corrected chi connectivity index (χ1v) is 12.0. The normalized spacial score (nSPS) is 14.7. The molecule has 1 amide bonds. The van der Waals surface area contributed by atoms with Crippen molar-refractivity contribution < 1.29 is 14.3 Å². The van der Waals surface area contributed by atoms with Gasteiger partial charge in [0.2, 0.25) is 11.9 Å². The van der Waals surface area contributed by atoms with Crippen LogP contribution in [0.5, 0.6) is 5.75 Å². The molecule has 0 radical (unpaired) electrons. The summed E-state index contributed by atoms with van der Waals surface area (Å²) >= 11 is 1.38. The summed E-state index contributed by atoms with van der Waals surface area (Å²) in [4.78, 5) is 15.2. The van der Waals surface area contributed by atoms with Crippen LogP contribution in [-0.2, 0) is 9.53 Å². The number of nitrogens with zero attached hydrogens (tertiary/aromatic N) is 4. The molecule has 3 aromatic rings. The van der Waals surface area contributed by atoms with Gasteiger partial charge in [-0.15, -0.1) is 10.2 Å². The van der Waals surface area contributed by atoms with Crippen molar-refractivity contribution in [2.75, 3.05) is 43.1 Å². The Balaban J connectivity index is 1.57. The van der Waals surface area contributed by atoms with Crippen molar-refractivity contribution in [2.45, 2.75) is 31.2 Å². The summed E-state index contributed by atoms with van der Waals surface area (Å²) in [5, 5.41) is 12.2. The number of hydrogen-bond donors (Lipinski definition) is 1. The van der Waals surface area contributed by atoms with Crippen LogP contribution in [0.2, 0.25) is 0 Å². The van der Waals surface area contributed by atoms with Crippen molar-refractivity contribution in [3.8, 4) is 11.4 Å². The van der Waals surface area contributed by atoms with Crippen molar-refractivity contribution in [1.82, 2.24) is 14.8 Å². The van der Waals surface area contributed by atoms with Crippen LogP contribution < -0.4 is 15.0 Å². The summed E-state index contributed by atoms with van der Waals surface area (Å²) in [6.07, 6.45) is 0. The van der Waals surface area contributed by atoms with E-state index in [0.29, 0.717) is 36.4 Å². The van der Waals surface area contributed by atoms with E-state index in [9.17, 15) is 4.79 Å². The zero-order valence-electron chi connectivity index (χ0n) is 19.2. The largest absolute Gasteiger partial charge is 0.492 e. The van der Waals surface area contributed by atoms with Crippen LogP contribution in [0.25, 0.3) is 5.69 Å². The smallest absolute Gasteiger partial charge is 0.237 e. The van der Waals surface area contributed by atoms with Crippen LogP contribution in [0, 0.1) is 6.92 Å². The summed E-state index contributed by atoms with van der Waals surface area (Å²) in [6, 6.07) is 15.7. The summed E-state index contributed by atoms with van der Waals surface area (Å²) < 4.78 is 13.2. The van der Waals surface area contributed by atoms with E-state index < -0.39 is 5.25 Å². The third-order valence-corrected chi connectivity index (χ3v) is 6.34. The number of carbonyl (C=O) groups is 1. The van der Waals surface area contributed by atoms with Gasteiger partial charge in [0, 0.05) is 13.1 Å². The second-order valence-electron chi connectivity index (χ2n) is 7.73. The number of ether oxygens (including phenoxy) is 2. The van der Waals surface area contributed by atoms with E-state index >= 15 is 0 Å². The van der Waals surface area contributed by atoms with E-state index in [2.05, 4.69) is 51.6 Å². The van der Waals surface area contributed by atoms with Crippen molar-refractivity contribution in [3.63, 3.8) is 0 Å². The van der Waals surface area contributed by atoms with Gasteiger partial charge in [-0.05, 0) is 45.0 Å². The third kappa shape index (κ3) is 5.48. The summed E-state index contributed by atoms with van der Waals surface area (Å²) in [7, 11) is 0. The molecule has 1 unspecified atom stereocenters. The predicted octanol–water partition coefficient (Wildman–Crippen LogP) is 3.93. The first-order valence-electron chi connectivity index (χ1n) is 11.1. The van der Waals surface area contributed by atoms with Crippen LogP contribution in [0.15, 0.2) is 53.7 Å². The van der Waals surface area contributed by atoms with Gasteiger partial charge in [0.05, 0.1) is 36.4 Å². The van der Waals surface area contributed by atoms with Gasteiger partial charge in [-0.2, -0.15) is 0 Å². The minimum Gasteiger partial charge on any atom is -0.492 e. The minimum absolute atomic E-state index is 0.126. The Morgan fingerprint density at radius 1 is 1.15 bits per heavy atom. The van der Waals surface area contributed by atoms with Gasteiger partial charge in [0.15, 0.2) is 5.16 Å². The van der Waals surface area contributed by atoms with E-state index in [1.54, 1.807) is 0 Å². The highest BCUT2D eigenvalue weighted by Crippen LogP contribution is 2.31. The highest BCUT2D eigenvalue weighted by Gasteiger charge is 2.25. The summed E-state index contributed by atoms with van der Waals surface area (Å²) in [6.45, 7) is 9.18. The lowest BCUT2D eigenvalue weighted by molar-refractivity contribution is -0.115. The van der Waals surface area contributed by atoms with Gasteiger partial charge in [-0.1, -0.05) is 41.6 Å². The SMILES string of the molecule is CCOc1ccccc1NC(=O)C(C)Sc1nnc(N2CCOCC2)n1-c1ccc(C)cc1. The molecule has 0 saturated carbocycles. The molecule has 4 rings (SSSR count). The molecule has 1 saturated heterocycles. The van der Waals surface area contributed by atoms with Crippen molar-refractivity contribution in [3.05, 3.63) is 54.1 Å². The summed E-state index contributed by atoms with van der Waals surface area (Å²) in [5.74, 6) is 1.29. The Bertz CT molecular complexity index is 1080. The molecule has 1 fully saturated rings. The second-order valence-corrected chi connectivity index (χ2v) is 9.04. The van der Waals surface area contributed by atoms with Gasteiger partial charge in [-0.3, -0.25) is 9.36 Å². The third-order valence-electron chi connectivity index (χ3n) is 5.30. The van der Waals surface area contributed by atoms with Crippen molar-refractivity contribution in [2.24, 2.45) is 0 Å². The zero-order chi connectivity index (χ0) is 23.2. The Hall–Kier alpha value is -3.04. The van der Waals surface area contributed by atoms with E-state index in [0.717, 1.165) is 24.7 Å². The van der Waals surface area contributed by atoms with Crippen LogP contribution in [0.1, 0.15) is 19.4 Å². The van der Waals surface area contributed by atoms with Crippen molar-refractivity contribution in [1.29, 1.82) is 0 Å². The number of amides is 1.